The van der Waals surface area contributed by atoms with E-state index in [0.29, 0.717) is 5.92 Å². The summed E-state index contributed by atoms with van der Waals surface area (Å²) < 4.78 is 2.18. The molecule has 0 aliphatic rings. The standard InChI is InChI=1S/C14H20IN2P/c1-8(2)13-16-10-6-9(14(3,4)5)12(18)7-11(10)17(13)15/h6-8H,18H2,1-5H3. The first-order valence-corrected chi connectivity index (χ1v) is 7.74. The summed E-state index contributed by atoms with van der Waals surface area (Å²) >= 11 is 2.34. The zero-order chi connectivity index (χ0) is 13.7. The van der Waals surface area contributed by atoms with Gasteiger partial charge in [-0.2, -0.15) is 0 Å². The van der Waals surface area contributed by atoms with Gasteiger partial charge in [-0.05, 0) is 28.4 Å². The lowest BCUT2D eigenvalue weighted by molar-refractivity contribution is 0.595. The summed E-state index contributed by atoms with van der Waals surface area (Å²) in [5.74, 6) is 1.58. The van der Waals surface area contributed by atoms with Crippen LogP contribution < -0.4 is 5.30 Å². The van der Waals surface area contributed by atoms with Crippen LogP contribution in [-0.2, 0) is 5.41 Å². The van der Waals surface area contributed by atoms with Crippen LogP contribution >= 0.6 is 32.1 Å². The highest BCUT2D eigenvalue weighted by Crippen LogP contribution is 2.29. The summed E-state index contributed by atoms with van der Waals surface area (Å²) in [4.78, 5) is 4.77. The Balaban J connectivity index is 2.73. The van der Waals surface area contributed by atoms with Crippen LogP contribution in [0.25, 0.3) is 11.0 Å². The minimum atomic E-state index is 0.151. The second-order valence-corrected chi connectivity index (χ2v) is 7.67. The van der Waals surface area contributed by atoms with Crippen molar-refractivity contribution >= 4 is 48.4 Å². The molecular weight excluding hydrogens is 354 g/mol. The fourth-order valence-electron chi connectivity index (χ4n) is 2.14. The molecule has 2 nitrogen and oxygen atoms in total. The molecule has 1 aromatic carbocycles. The van der Waals surface area contributed by atoms with E-state index in [4.69, 9.17) is 4.98 Å². The predicted molar refractivity (Wildman–Crippen MR) is 91.3 cm³/mol. The predicted octanol–water partition coefficient (Wildman–Crippen LogP) is 4.16. The van der Waals surface area contributed by atoms with Crippen molar-refractivity contribution in [2.24, 2.45) is 0 Å². The second-order valence-electron chi connectivity index (χ2n) is 6.08. The zero-order valence-electron chi connectivity index (χ0n) is 11.6. The van der Waals surface area contributed by atoms with E-state index in [1.54, 1.807) is 0 Å². The van der Waals surface area contributed by atoms with Crippen molar-refractivity contribution in [2.45, 2.75) is 46.0 Å². The molecule has 2 rings (SSSR count). The number of hydrogen-bond donors (Lipinski definition) is 0. The Labute approximate surface area is 125 Å². The van der Waals surface area contributed by atoms with Crippen LogP contribution in [0.2, 0.25) is 0 Å². The van der Waals surface area contributed by atoms with Gasteiger partial charge in [0.15, 0.2) is 0 Å². The fourth-order valence-corrected chi connectivity index (χ4v) is 3.86. The van der Waals surface area contributed by atoms with E-state index in [2.05, 4.69) is 81.6 Å². The van der Waals surface area contributed by atoms with Gasteiger partial charge in [-0.25, -0.2) is 4.98 Å². The van der Waals surface area contributed by atoms with E-state index < -0.39 is 0 Å². The van der Waals surface area contributed by atoms with Gasteiger partial charge in [0.25, 0.3) is 0 Å². The summed E-state index contributed by atoms with van der Waals surface area (Å²) in [5, 5.41) is 1.27. The van der Waals surface area contributed by atoms with Gasteiger partial charge in [0.1, 0.15) is 5.82 Å². The van der Waals surface area contributed by atoms with E-state index in [1.165, 1.54) is 16.4 Å². The maximum absolute atomic E-state index is 4.77. The van der Waals surface area contributed by atoms with E-state index in [0.717, 1.165) is 11.3 Å². The van der Waals surface area contributed by atoms with Crippen molar-refractivity contribution in [2.75, 3.05) is 0 Å². The third kappa shape index (κ3) is 2.44. The van der Waals surface area contributed by atoms with Gasteiger partial charge in [-0.3, -0.25) is 2.78 Å². The Morgan fingerprint density at radius 3 is 2.39 bits per heavy atom. The van der Waals surface area contributed by atoms with E-state index in [-0.39, 0.29) is 5.41 Å². The lowest BCUT2D eigenvalue weighted by Gasteiger charge is -2.21. The maximum atomic E-state index is 4.77. The number of benzene rings is 1. The number of halogens is 1. The van der Waals surface area contributed by atoms with Gasteiger partial charge >= 0.3 is 0 Å². The van der Waals surface area contributed by atoms with Crippen LogP contribution in [0.3, 0.4) is 0 Å². The van der Waals surface area contributed by atoms with Crippen LogP contribution in [0.5, 0.6) is 0 Å². The molecule has 1 unspecified atom stereocenters. The smallest absolute Gasteiger partial charge is 0.121 e. The number of hydrogen-bond acceptors (Lipinski definition) is 1. The largest absolute Gasteiger partial charge is 0.268 e. The molecule has 0 saturated heterocycles. The number of rotatable bonds is 1. The van der Waals surface area contributed by atoms with Crippen LogP contribution in [0, 0.1) is 0 Å². The molecule has 0 N–H and O–H groups in total. The van der Waals surface area contributed by atoms with Gasteiger partial charge in [-0.1, -0.05) is 34.6 Å². The molecule has 0 saturated carbocycles. The third-order valence-electron chi connectivity index (χ3n) is 3.12. The molecule has 1 aromatic heterocycles. The Kier molecular flexibility index (Phi) is 3.76. The maximum Gasteiger partial charge on any atom is 0.121 e. The molecule has 98 valence electrons. The number of imidazole rings is 1. The van der Waals surface area contributed by atoms with E-state index >= 15 is 0 Å². The first-order valence-electron chi connectivity index (χ1n) is 6.20. The first kappa shape index (κ1) is 14.3. The number of fused-ring (bicyclic) bond motifs is 1. The Bertz CT molecular complexity index is 594. The molecular formula is C14H20IN2P. The molecule has 0 aliphatic carbocycles. The molecule has 0 amide bonds. The van der Waals surface area contributed by atoms with Crippen molar-refractivity contribution in [3.8, 4) is 0 Å². The Morgan fingerprint density at radius 2 is 1.89 bits per heavy atom. The fraction of sp³-hybridized carbons (Fsp3) is 0.500. The number of nitrogens with zero attached hydrogens (tertiary/aromatic N) is 2. The molecule has 1 heterocycles. The van der Waals surface area contributed by atoms with Gasteiger partial charge in [0.2, 0.25) is 0 Å². The van der Waals surface area contributed by atoms with Crippen LogP contribution in [-0.4, -0.2) is 7.76 Å². The lowest BCUT2D eigenvalue weighted by atomic mass is 9.87. The normalized spacial score (nSPS) is 12.7. The van der Waals surface area contributed by atoms with Crippen molar-refractivity contribution < 1.29 is 0 Å². The summed E-state index contributed by atoms with van der Waals surface area (Å²) in [7, 11) is 2.86. The average Bonchev–Trinajstić information content (AvgIpc) is 2.54. The lowest BCUT2D eigenvalue weighted by Crippen LogP contribution is -2.18. The van der Waals surface area contributed by atoms with Gasteiger partial charge < -0.3 is 0 Å². The van der Waals surface area contributed by atoms with E-state index in [9.17, 15) is 0 Å². The first-order chi connectivity index (χ1) is 8.21. The molecule has 0 fully saturated rings. The molecule has 0 radical (unpaired) electrons. The SMILES string of the molecule is CC(C)c1nc2cc(C(C)(C)C)c(P)cc2n1I. The molecule has 1 atom stereocenters. The Morgan fingerprint density at radius 1 is 1.28 bits per heavy atom. The van der Waals surface area contributed by atoms with Crippen molar-refractivity contribution in [1.29, 1.82) is 0 Å². The summed E-state index contributed by atoms with van der Waals surface area (Å²) in [6.45, 7) is 11.1. The van der Waals surface area contributed by atoms with Crippen molar-refractivity contribution in [3.63, 3.8) is 0 Å². The summed E-state index contributed by atoms with van der Waals surface area (Å²) in [6, 6.07) is 4.46. The molecule has 18 heavy (non-hydrogen) atoms. The number of aromatic nitrogens is 2. The molecule has 0 aliphatic heterocycles. The monoisotopic (exact) mass is 374 g/mol. The molecule has 2 aromatic rings. The summed E-state index contributed by atoms with van der Waals surface area (Å²) in [6.07, 6.45) is 0. The topological polar surface area (TPSA) is 17.8 Å². The van der Waals surface area contributed by atoms with Crippen molar-refractivity contribution in [3.05, 3.63) is 23.5 Å². The van der Waals surface area contributed by atoms with Crippen molar-refractivity contribution in [1.82, 2.24) is 7.76 Å². The Hall–Kier alpha value is -0.150. The minimum absolute atomic E-state index is 0.151. The quantitative estimate of drug-likeness (QED) is 0.542. The summed E-state index contributed by atoms with van der Waals surface area (Å²) in [5.41, 5.74) is 3.81. The second kappa shape index (κ2) is 4.75. The molecule has 0 spiro atoms. The van der Waals surface area contributed by atoms with Crippen LogP contribution in [0.1, 0.15) is 51.9 Å². The van der Waals surface area contributed by atoms with E-state index in [1.807, 2.05) is 0 Å². The van der Waals surface area contributed by atoms with Gasteiger partial charge in [-0.15, -0.1) is 9.24 Å². The van der Waals surface area contributed by atoms with Gasteiger partial charge in [0, 0.05) is 5.92 Å². The molecule has 0 bridgehead atoms. The highest BCUT2D eigenvalue weighted by Gasteiger charge is 2.20. The van der Waals surface area contributed by atoms with Crippen LogP contribution in [0.15, 0.2) is 12.1 Å². The zero-order valence-corrected chi connectivity index (χ0v) is 14.9. The van der Waals surface area contributed by atoms with Crippen LogP contribution in [0.4, 0.5) is 0 Å². The average molecular weight is 374 g/mol. The minimum Gasteiger partial charge on any atom is -0.268 e. The van der Waals surface area contributed by atoms with Gasteiger partial charge in [0.05, 0.1) is 33.9 Å². The third-order valence-corrected chi connectivity index (χ3v) is 4.61. The highest BCUT2D eigenvalue weighted by molar-refractivity contribution is 14.1. The molecule has 4 heteroatoms. The highest BCUT2D eigenvalue weighted by atomic mass is 127.